The van der Waals surface area contributed by atoms with Crippen LogP contribution in [0.4, 0.5) is 0 Å². The third kappa shape index (κ3) is 1.14. The molecule has 0 aromatic heterocycles. The van der Waals surface area contributed by atoms with E-state index in [-0.39, 0.29) is 6.61 Å². The summed E-state index contributed by atoms with van der Waals surface area (Å²) in [5.41, 5.74) is 3.28. The number of rotatable bonds is 1. The molecule has 0 unspecified atom stereocenters. The molecular weight excluding hydrogens is 138 g/mol. The van der Waals surface area contributed by atoms with Gasteiger partial charge in [0.25, 0.3) is 0 Å². The molecule has 5 N–H and O–H groups in total. The molecule has 10 heavy (non-hydrogen) atoms. The second kappa shape index (κ2) is 2.44. The van der Waals surface area contributed by atoms with Gasteiger partial charge in [0.2, 0.25) is 0 Å². The van der Waals surface area contributed by atoms with Gasteiger partial charge in [-0.25, -0.2) is 0 Å². The Bertz CT molecular complexity index is 127. The van der Waals surface area contributed by atoms with Gasteiger partial charge in [-0.2, -0.15) is 0 Å². The van der Waals surface area contributed by atoms with Crippen LogP contribution in [0.1, 0.15) is 0 Å². The lowest BCUT2D eigenvalue weighted by molar-refractivity contribution is -0.0471. The summed E-state index contributed by atoms with van der Waals surface area (Å²) >= 11 is 0. The maximum atomic E-state index is 9.03. The molecule has 5 heteroatoms. The highest BCUT2D eigenvalue weighted by atomic mass is 16.5. The van der Waals surface area contributed by atoms with Crippen LogP contribution in [0.25, 0.3) is 0 Å². The number of hydrogen-bond acceptors (Lipinski definition) is 5. The van der Waals surface area contributed by atoms with Crippen molar-refractivity contribution in [2.75, 3.05) is 6.61 Å². The van der Waals surface area contributed by atoms with Gasteiger partial charge in [-0.1, -0.05) is 0 Å². The van der Waals surface area contributed by atoms with Crippen molar-refractivity contribution in [2.24, 2.45) is 5.73 Å². The molecule has 3 atom stereocenters. The number of aliphatic hydroxyl groups excluding tert-OH is 2. The summed E-state index contributed by atoms with van der Waals surface area (Å²) in [6.07, 6.45) is -2.06. The Labute approximate surface area is 58.0 Å². The van der Waals surface area contributed by atoms with Crippen LogP contribution in [0.3, 0.4) is 0 Å². The van der Waals surface area contributed by atoms with E-state index in [1.165, 1.54) is 0 Å². The Morgan fingerprint density at radius 2 is 2.30 bits per heavy atom. The van der Waals surface area contributed by atoms with E-state index in [1.54, 1.807) is 0 Å². The first-order valence-electron chi connectivity index (χ1n) is 2.88. The predicted molar refractivity (Wildman–Crippen MR) is 31.4 cm³/mol. The molecule has 1 rings (SSSR count). The molecule has 0 spiro atoms. The van der Waals surface area contributed by atoms with Crippen molar-refractivity contribution < 1.29 is 20.1 Å². The molecule has 0 amide bonds. The minimum absolute atomic E-state index is 0.364. The molecule has 1 saturated heterocycles. The van der Waals surface area contributed by atoms with E-state index < -0.39 is 17.9 Å². The first kappa shape index (κ1) is 7.90. The summed E-state index contributed by atoms with van der Waals surface area (Å²) in [4.78, 5) is 0. The summed E-state index contributed by atoms with van der Waals surface area (Å²) in [6, 6.07) is 0. The van der Waals surface area contributed by atoms with Crippen LogP contribution in [0, 0.1) is 6.61 Å². The molecule has 0 aromatic carbocycles. The molecule has 1 heterocycles. The number of hydrogen-bond donors (Lipinski definition) is 4. The Morgan fingerprint density at radius 1 is 1.70 bits per heavy atom. The third-order valence-electron chi connectivity index (χ3n) is 1.44. The lowest BCUT2D eigenvalue weighted by Gasteiger charge is -2.19. The van der Waals surface area contributed by atoms with Crippen molar-refractivity contribution in [1.29, 1.82) is 0 Å². The molecule has 1 aliphatic heterocycles. The van der Waals surface area contributed by atoms with Crippen molar-refractivity contribution in [3.8, 4) is 0 Å². The largest absolute Gasteiger partial charge is 0.394 e. The summed E-state index contributed by atoms with van der Waals surface area (Å²) in [5.74, 6) is 0. The number of nitrogens with two attached hydrogens (primary N) is 1. The molecular formula is C5H10NO4. The van der Waals surface area contributed by atoms with Crippen LogP contribution < -0.4 is 5.73 Å². The van der Waals surface area contributed by atoms with E-state index in [9.17, 15) is 0 Å². The lowest BCUT2D eigenvalue weighted by atomic mass is 10.1. The third-order valence-corrected chi connectivity index (χ3v) is 1.44. The number of aliphatic hydroxyl groups is 3. The minimum Gasteiger partial charge on any atom is -0.394 e. The second-order valence-corrected chi connectivity index (χ2v) is 2.31. The van der Waals surface area contributed by atoms with Gasteiger partial charge in [0, 0.05) is 0 Å². The van der Waals surface area contributed by atoms with Crippen molar-refractivity contribution in [3.63, 3.8) is 0 Å². The van der Waals surface area contributed by atoms with Gasteiger partial charge in [-0.15, -0.1) is 0 Å². The molecule has 5 nitrogen and oxygen atoms in total. The number of ether oxygens (including phenoxy) is 1. The first-order chi connectivity index (χ1) is 4.58. The highest BCUT2D eigenvalue weighted by molar-refractivity contribution is 4.99. The Balaban J connectivity index is 2.58. The van der Waals surface area contributed by atoms with E-state index >= 15 is 0 Å². The summed E-state index contributed by atoms with van der Waals surface area (Å²) in [7, 11) is 0. The zero-order valence-corrected chi connectivity index (χ0v) is 5.27. The predicted octanol–water partition coefficient (Wildman–Crippen LogP) is -2.45. The maximum absolute atomic E-state index is 9.03. The fourth-order valence-corrected chi connectivity index (χ4v) is 0.781. The summed E-state index contributed by atoms with van der Waals surface area (Å²) < 4.78 is 4.63. The lowest BCUT2D eigenvalue weighted by Crippen LogP contribution is -2.50. The van der Waals surface area contributed by atoms with E-state index in [4.69, 9.17) is 21.1 Å². The van der Waals surface area contributed by atoms with Crippen LogP contribution in [0.5, 0.6) is 0 Å². The smallest absolute Gasteiger partial charge is 0.171 e. The standard InChI is InChI=1S/C5H10NO4/c6-5(9)2-10-3(1-7)4(5)8/h2-4,7-9H,1,6H2/t3-,4-,5+/m1/s1. The highest BCUT2D eigenvalue weighted by Crippen LogP contribution is 2.22. The zero-order chi connectivity index (χ0) is 7.78. The van der Waals surface area contributed by atoms with Gasteiger partial charge in [-0.3, -0.25) is 5.73 Å². The fraction of sp³-hybridized carbons (Fsp3) is 0.800. The minimum atomic E-state index is -1.83. The topological polar surface area (TPSA) is 95.9 Å². The van der Waals surface area contributed by atoms with Crippen molar-refractivity contribution >= 4 is 0 Å². The molecule has 1 aliphatic rings. The Morgan fingerprint density at radius 3 is 2.50 bits per heavy atom. The maximum Gasteiger partial charge on any atom is 0.171 e. The molecule has 0 bridgehead atoms. The molecule has 0 aliphatic carbocycles. The van der Waals surface area contributed by atoms with E-state index in [2.05, 4.69) is 4.74 Å². The normalized spacial score (nSPS) is 48.0. The van der Waals surface area contributed by atoms with Crippen molar-refractivity contribution in [1.82, 2.24) is 0 Å². The van der Waals surface area contributed by atoms with Crippen molar-refractivity contribution in [3.05, 3.63) is 6.61 Å². The van der Waals surface area contributed by atoms with Gasteiger partial charge < -0.3 is 20.1 Å². The van der Waals surface area contributed by atoms with Crippen LogP contribution in [-0.4, -0.2) is 39.9 Å². The van der Waals surface area contributed by atoms with Crippen LogP contribution in [0.15, 0.2) is 0 Å². The molecule has 1 radical (unpaired) electrons. The Kier molecular flexibility index (Phi) is 1.93. The van der Waals surface area contributed by atoms with Crippen LogP contribution >= 0.6 is 0 Å². The van der Waals surface area contributed by atoms with Gasteiger partial charge in [0.05, 0.1) is 6.61 Å². The van der Waals surface area contributed by atoms with Gasteiger partial charge in [0.1, 0.15) is 18.8 Å². The summed E-state index contributed by atoms with van der Waals surface area (Å²) in [5, 5.41) is 26.5. The van der Waals surface area contributed by atoms with E-state index in [1.807, 2.05) is 0 Å². The van der Waals surface area contributed by atoms with E-state index in [0.717, 1.165) is 6.61 Å². The van der Waals surface area contributed by atoms with Gasteiger partial charge >= 0.3 is 0 Å². The SMILES string of the molecule is N[C@]1(O)[CH]O[C@H](CO)[C@H]1O. The van der Waals surface area contributed by atoms with Crippen LogP contribution in [-0.2, 0) is 4.74 Å². The average Bonchev–Trinajstić information content (AvgIpc) is 2.10. The van der Waals surface area contributed by atoms with Gasteiger partial charge in [0.15, 0.2) is 5.72 Å². The summed E-state index contributed by atoms with van der Waals surface area (Å²) in [6.45, 7) is 0.551. The monoisotopic (exact) mass is 148 g/mol. The molecule has 0 aromatic rings. The molecule has 59 valence electrons. The highest BCUT2D eigenvalue weighted by Gasteiger charge is 2.45. The van der Waals surface area contributed by atoms with Crippen molar-refractivity contribution in [2.45, 2.75) is 17.9 Å². The molecule has 0 saturated carbocycles. The first-order valence-corrected chi connectivity index (χ1v) is 2.88. The molecule has 1 fully saturated rings. The second-order valence-electron chi connectivity index (χ2n) is 2.31. The van der Waals surface area contributed by atoms with Crippen LogP contribution in [0.2, 0.25) is 0 Å². The zero-order valence-electron chi connectivity index (χ0n) is 5.27. The van der Waals surface area contributed by atoms with Gasteiger partial charge in [-0.05, 0) is 0 Å². The van der Waals surface area contributed by atoms with E-state index in [0.29, 0.717) is 0 Å². The fourth-order valence-electron chi connectivity index (χ4n) is 0.781. The Hall–Kier alpha value is -0.200. The quantitative estimate of drug-likeness (QED) is 0.309. The average molecular weight is 148 g/mol.